The quantitative estimate of drug-likeness (QED) is 0.754. The van der Waals surface area contributed by atoms with E-state index in [9.17, 15) is 4.79 Å². The smallest absolute Gasteiger partial charge is 0.407 e. The van der Waals surface area contributed by atoms with Gasteiger partial charge in [-0.25, -0.2) is 4.79 Å². The molecule has 1 atom stereocenters. The number of hydrogen-bond acceptors (Lipinski definition) is 3. The number of hydrogen-bond donors (Lipinski definition) is 1. The summed E-state index contributed by atoms with van der Waals surface area (Å²) in [4.78, 5) is 13.6. The van der Waals surface area contributed by atoms with E-state index >= 15 is 0 Å². The summed E-state index contributed by atoms with van der Waals surface area (Å²) in [6.07, 6.45) is 1.69. The number of ether oxygens (including phenoxy) is 1. The minimum absolute atomic E-state index is 0.141. The second-order valence-electron chi connectivity index (χ2n) is 5.09. The highest BCUT2D eigenvalue weighted by Gasteiger charge is 2.22. The number of alkyl carbamates (subject to hydrolysis) is 1. The highest BCUT2D eigenvalue weighted by Crippen LogP contribution is 2.11. The van der Waals surface area contributed by atoms with Crippen LogP contribution in [0.5, 0.6) is 0 Å². The zero-order valence-corrected chi connectivity index (χ0v) is 11.0. The van der Waals surface area contributed by atoms with Crippen LogP contribution in [0.15, 0.2) is 0 Å². The molecular weight excluding hydrogens is 224 g/mol. The zero-order valence-electron chi connectivity index (χ0n) is 10.2. The summed E-state index contributed by atoms with van der Waals surface area (Å²) in [5, 5.41) is 2.87. The molecule has 0 aliphatic carbocycles. The summed E-state index contributed by atoms with van der Waals surface area (Å²) in [6.45, 7) is 7.34. The van der Waals surface area contributed by atoms with Crippen LogP contribution in [-0.2, 0) is 4.74 Å². The molecule has 0 bridgehead atoms. The molecule has 1 heterocycles. The lowest BCUT2D eigenvalue weighted by molar-refractivity contribution is 0.0487. The summed E-state index contributed by atoms with van der Waals surface area (Å²) >= 11 is 4.88. The molecule has 0 spiro atoms. The van der Waals surface area contributed by atoms with Crippen LogP contribution in [0.2, 0.25) is 0 Å². The highest BCUT2D eigenvalue weighted by molar-refractivity contribution is 7.78. The lowest BCUT2D eigenvalue weighted by atomic mass is 10.1. The van der Waals surface area contributed by atoms with E-state index in [2.05, 4.69) is 5.32 Å². The SMILES string of the molecule is CC(C)(C)OC(=O)NC1CCCN(C=S)C1. The fourth-order valence-corrected chi connectivity index (χ4v) is 1.89. The van der Waals surface area contributed by atoms with E-state index in [1.165, 1.54) is 0 Å². The minimum atomic E-state index is -0.442. The Morgan fingerprint density at radius 2 is 2.25 bits per heavy atom. The zero-order chi connectivity index (χ0) is 12.2. The molecule has 4 nitrogen and oxygen atoms in total. The van der Waals surface area contributed by atoms with Gasteiger partial charge in [-0.15, -0.1) is 0 Å². The molecular formula is C11H20N2O2S. The number of nitrogens with one attached hydrogen (secondary N) is 1. The number of rotatable bonds is 2. The average Bonchev–Trinajstić information content (AvgIpc) is 2.15. The summed E-state index contributed by atoms with van der Waals surface area (Å²) in [5.74, 6) is 0. The van der Waals surface area contributed by atoms with Gasteiger partial charge in [-0.05, 0) is 33.6 Å². The van der Waals surface area contributed by atoms with Gasteiger partial charge in [-0.3, -0.25) is 0 Å². The van der Waals surface area contributed by atoms with Crippen LogP contribution in [0.3, 0.4) is 0 Å². The molecule has 1 saturated heterocycles. The van der Waals surface area contributed by atoms with Gasteiger partial charge >= 0.3 is 6.09 Å². The molecule has 92 valence electrons. The van der Waals surface area contributed by atoms with Crippen molar-refractivity contribution in [2.75, 3.05) is 13.1 Å². The van der Waals surface area contributed by atoms with Gasteiger partial charge in [0.05, 0.1) is 5.49 Å². The molecule has 0 saturated carbocycles. The summed E-state index contributed by atoms with van der Waals surface area (Å²) in [6, 6.07) is 0.141. The highest BCUT2D eigenvalue weighted by atomic mass is 32.1. The van der Waals surface area contributed by atoms with Crippen molar-refractivity contribution in [1.29, 1.82) is 0 Å². The van der Waals surface area contributed by atoms with Crippen molar-refractivity contribution >= 4 is 23.8 Å². The molecule has 0 aromatic heterocycles. The monoisotopic (exact) mass is 244 g/mol. The van der Waals surface area contributed by atoms with Gasteiger partial charge < -0.3 is 15.0 Å². The lowest BCUT2D eigenvalue weighted by Crippen LogP contribution is -2.48. The van der Waals surface area contributed by atoms with Crippen molar-refractivity contribution in [3.05, 3.63) is 0 Å². The molecule has 1 amide bonds. The molecule has 1 N–H and O–H groups in total. The molecule has 1 aliphatic rings. The van der Waals surface area contributed by atoms with Gasteiger partial charge in [0.1, 0.15) is 5.60 Å². The number of carbonyl (C=O) groups is 1. The number of likely N-dealkylation sites (tertiary alicyclic amines) is 1. The molecule has 0 radical (unpaired) electrons. The van der Waals surface area contributed by atoms with Gasteiger partial charge in [-0.1, -0.05) is 12.2 Å². The van der Waals surface area contributed by atoms with Gasteiger partial charge in [0.2, 0.25) is 0 Å². The normalized spacial score (nSPS) is 21.4. The second-order valence-corrected chi connectivity index (χ2v) is 5.30. The Morgan fingerprint density at radius 1 is 1.56 bits per heavy atom. The molecule has 5 heteroatoms. The Labute approximate surface area is 102 Å². The minimum Gasteiger partial charge on any atom is -0.444 e. The summed E-state index contributed by atoms with van der Waals surface area (Å²) in [5.41, 5.74) is 1.21. The third kappa shape index (κ3) is 4.79. The van der Waals surface area contributed by atoms with E-state index in [-0.39, 0.29) is 12.1 Å². The molecule has 1 rings (SSSR count). The van der Waals surface area contributed by atoms with E-state index < -0.39 is 5.60 Å². The third-order valence-corrected chi connectivity index (χ3v) is 2.62. The number of piperidine rings is 1. The first-order valence-electron chi connectivity index (χ1n) is 5.59. The third-order valence-electron chi connectivity index (χ3n) is 2.32. The predicted octanol–water partition coefficient (Wildman–Crippen LogP) is 1.93. The Kier molecular flexibility index (Phi) is 4.53. The van der Waals surface area contributed by atoms with Crippen LogP contribution in [0.1, 0.15) is 33.6 Å². The fourth-order valence-electron chi connectivity index (χ4n) is 1.69. The lowest BCUT2D eigenvalue weighted by Gasteiger charge is -2.32. The maximum atomic E-state index is 11.5. The van der Waals surface area contributed by atoms with Crippen LogP contribution in [0, 0.1) is 0 Å². The molecule has 1 aliphatic heterocycles. The van der Waals surface area contributed by atoms with Crippen molar-refractivity contribution in [3.63, 3.8) is 0 Å². The second kappa shape index (κ2) is 5.48. The van der Waals surface area contributed by atoms with Crippen molar-refractivity contribution < 1.29 is 9.53 Å². The first-order valence-corrected chi connectivity index (χ1v) is 6.07. The van der Waals surface area contributed by atoms with Crippen LogP contribution in [0.4, 0.5) is 4.79 Å². The number of carbonyl (C=O) groups excluding carboxylic acids is 1. The van der Waals surface area contributed by atoms with Crippen molar-refractivity contribution in [3.8, 4) is 0 Å². The first kappa shape index (κ1) is 13.2. The Morgan fingerprint density at radius 3 is 2.81 bits per heavy atom. The fraction of sp³-hybridized carbons (Fsp3) is 0.818. The average molecular weight is 244 g/mol. The Hall–Kier alpha value is -0.840. The van der Waals surface area contributed by atoms with Crippen LogP contribution in [-0.4, -0.2) is 41.2 Å². The molecule has 0 aromatic rings. The maximum absolute atomic E-state index is 11.5. The van der Waals surface area contributed by atoms with Crippen molar-refractivity contribution in [2.24, 2.45) is 0 Å². The molecule has 1 unspecified atom stereocenters. The van der Waals surface area contributed by atoms with E-state index in [0.717, 1.165) is 25.9 Å². The predicted molar refractivity (Wildman–Crippen MR) is 67.6 cm³/mol. The van der Waals surface area contributed by atoms with E-state index in [4.69, 9.17) is 17.0 Å². The van der Waals surface area contributed by atoms with Gasteiger partial charge in [0, 0.05) is 19.1 Å². The van der Waals surface area contributed by atoms with Crippen LogP contribution < -0.4 is 5.32 Å². The van der Waals surface area contributed by atoms with Gasteiger partial charge in [-0.2, -0.15) is 0 Å². The number of thiocarbonyl (C=S) groups is 1. The molecule has 0 aromatic carbocycles. The van der Waals surface area contributed by atoms with E-state index in [1.54, 1.807) is 5.49 Å². The Bertz CT molecular complexity index is 263. The van der Waals surface area contributed by atoms with Crippen LogP contribution in [0.25, 0.3) is 0 Å². The van der Waals surface area contributed by atoms with E-state index in [1.807, 2.05) is 25.7 Å². The topological polar surface area (TPSA) is 41.6 Å². The van der Waals surface area contributed by atoms with Crippen molar-refractivity contribution in [2.45, 2.75) is 45.3 Å². The van der Waals surface area contributed by atoms with Crippen LogP contribution >= 0.6 is 12.2 Å². The maximum Gasteiger partial charge on any atom is 0.407 e. The summed E-state index contributed by atoms with van der Waals surface area (Å²) in [7, 11) is 0. The van der Waals surface area contributed by atoms with E-state index in [0.29, 0.717) is 0 Å². The number of nitrogens with zero attached hydrogens (tertiary/aromatic N) is 1. The molecule has 1 fully saturated rings. The Balaban J connectivity index is 2.36. The summed E-state index contributed by atoms with van der Waals surface area (Å²) < 4.78 is 5.20. The van der Waals surface area contributed by atoms with Gasteiger partial charge in [0.15, 0.2) is 0 Å². The largest absolute Gasteiger partial charge is 0.444 e. The van der Waals surface area contributed by atoms with Crippen molar-refractivity contribution in [1.82, 2.24) is 10.2 Å². The standard InChI is InChI=1S/C11H20N2O2S/c1-11(2,3)15-10(14)12-9-5-4-6-13(7-9)8-16/h8-9H,4-7H2,1-3H3,(H,12,14). The molecule has 16 heavy (non-hydrogen) atoms. The van der Waals surface area contributed by atoms with Gasteiger partial charge in [0.25, 0.3) is 0 Å². The number of amides is 1. The first-order chi connectivity index (χ1) is 7.40.